The van der Waals surface area contributed by atoms with E-state index >= 15 is 0 Å². The Labute approximate surface area is 138 Å². The van der Waals surface area contributed by atoms with Crippen molar-refractivity contribution in [2.24, 2.45) is 5.92 Å². The third-order valence-corrected chi connectivity index (χ3v) is 5.15. The summed E-state index contributed by atoms with van der Waals surface area (Å²) in [5.74, 6) is 0.962. The second-order valence-corrected chi connectivity index (χ2v) is 6.66. The molecule has 3 rings (SSSR count). The van der Waals surface area contributed by atoms with Crippen molar-refractivity contribution in [2.45, 2.75) is 57.0 Å². The number of carbonyl (C=O) groups excluding carboxylic acids is 1. The molecule has 1 saturated carbocycles. The summed E-state index contributed by atoms with van der Waals surface area (Å²) >= 11 is 0. The van der Waals surface area contributed by atoms with E-state index < -0.39 is 5.54 Å². The topological polar surface area (TPSA) is 59.0 Å². The van der Waals surface area contributed by atoms with Crippen LogP contribution in [0.1, 0.15) is 45.4 Å². The number of aromatic nitrogens is 2. The van der Waals surface area contributed by atoms with Crippen LogP contribution in [0.25, 0.3) is 0 Å². The molecule has 1 saturated heterocycles. The van der Waals surface area contributed by atoms with Gasteiger partial charge in [-0.25, -0.2) is 0 Å². The van der Waals surface area contributed by atoms with E-state index in [2.05, 4.69) is 22.7 Å². The van der Waals surface area contributed by atoms with Crippen molar-refractivity contribution in [3.8, 4) is 0 Å². The minimum absolute atomic E-state index is 0. The van der Waals surface area contributed by atoms with E-state index in [1.807, 2.05) is 16.9 Å². The first kappa shape index (κ1) is 17.3. The maximum atomic E-state index is 13.0. The van der Waals surface area contributed by atoms with E-state index in [-0.39, 0.29) is 18.3 Å². The molecule has 0 atom stereocenters. The Balaban J connectivity index is 0.00000176. The summed E-state index contributed by atoms with van der Waals surface area (Å²) in [4.78, 5) is 13.0. The average molecular weight is 327 g/mol. The molecule has 0 bridgehead atoms. The molecule has 5 nitrogen and oxygen atoms in total. The minimum atomic E-state index is -0.502. The van der Waals surface area contributed by atoms with Gasteiger partial charge in [0.2, 0.25) is 5.91 Å². The number of halogens is 1. The Bertz CT molecular complexity index is 463. The Morgan fingerprint density at radius 3 is 2.55 bits per heavy atom. The van der Waals surface area contributed by atoms with Gasteiger partial charge in [0.05, 0.1) is 0 Å². The largest absolute Gasteiger partial charge is 0.351 e. The molecule has 2 heterocycles. The first-order valence-electron chi connectivity index (χ1n) is 8.22. The highest BCUT2D eigenvalue weighted by atomic mass is 35.5. The number of carbonyl (C=O) groups is 1. The van der Waals surface area contributed by atoms with Crippen LogP contribution in [-0.2, 0) is 10.3 Å². The van der Waals surface area contributed by atoms with Gasteiger partial charge in [-0.3, -0.25) is 9.48 Å². The Morgan fingerprint density at radius 2 is 1.95 bits per heavy atom. The van der Waals surface area contributed by atoms with E-state index in [0.717, 1.165) is 44.7 Å². The fourth-order valence-corrected chi connectivity index (χ4v) is 3.65. The van der Waals surface area contributed by atoms with Crippen LogP contribution >= 0.6 is 12.4 Å². The Kier molecular flexibility index (Phi) is 5.87. The lowest BCUT2D eigenvalue weighted by Gasteiger charge is -2.38. The van der Waals surface area contributed by atoms with Gasteiger partial charge in [0.25, 0.3) is 0 Å². The van der Waals surface area contributed by atoms with Gasteiger partial charge < -0.3 is 10.6 Å². The minimum Gasteiger partial charge on any atom is -0.351 e. The maximum absolute atomic E-state index is 13.0. The zero-order valence-corrected chi connectivity index (χ0v) is 14.1. The van der Waals surface area contributed by atoms with Gasteiger partial charge in [0, 0.05) is 18.4 Å². The van der Waals surface area contributed by atoms with Gasteiger partial charge >= 0.3 is 0 Å². The fourth-order valence-electron chi connectivity index (χ4n) is 3.65. The van der Waals surface area contributed by atoms with E-state index in [9.17, 15) is 4.79 Å². The van der Waals surface area contributed by atoms with Crippen molar-refractivity contribution in [2.75, 3.05) is 13.1 Å². The van der Waals surface area contributed by atoms with Gasteiger partial charge in [-0.15, -0.1) is 12.4 Å². The highest BCUT2D eigenvalue weighted by molar-refractivity contribution is 5.85. The predicted octanol–water partition coefficient (Wildman–Crippen LogP) is 2.08. The van der Waals surface area contributed by atoms with E-state index in [0.29, 0.717) is 6.04 Å². The molecular weight excluding hydrogens is 300 g/mol. The van der Waals surface area contributed by atoms with Gasteiger partial charge in [-0.1, -0.05) is 6.92 Å². The number of piperidine rings is 1. The van der Waals surface area contributed by atoms with Crippen LogP contribution in [-0.4, -0.2) is 34.8 Å². The lowest BCUT2D eigenvalue weighted by atomic mass is 9.84. The Morgan fingerprint density at radius 1 is 1.27 bits per heavy atom. The van der Waals surface area contributed by atoms with Gasteiger partial charge in [0.15, 0.2) is 0 Å². The van der Waals surface area contributed by atoms with Gasteiger partial charge in [0.1, 0.15) is 5.54 Å². The van der Waals surface area contributed by atoms with Crippen LogP contribution in [0.3, 0.4) is 0 Å². The molecule has 2 aliphatic rings. The van der Waals surface area contributed by atoms with Crippen molar-refractivity contribution in [3.63, 3.8) is 0 Å². The molecule has 2 fully saturated rings. The summed E-state index contributed by atoms with van der Waals surface area (Å²) in [7, 11) is 0. The molecule has 0 radical (unpaired) electrons. The first-order chi connectivity index (χ1) is 10.2. The number of rotatable bonds is 3. The molecule has 6 heteroatoms. The third-order valence-electron chi connectivity index (χ3n) is 5.15. The molecule has 1 aromatic rings. The van der Waals surface area contributed by atoms with Gasteiger partial charge in [-0.2, -0.15) is 5.10 Å². The van der Waals surface area contributed by atoms with E-state index in [1.54, 1.807) is 6.20 Å². The highest BCUT2D eigenvalue weighted by Gasteiger charge is 2.42. The Hall–Kier alpha value is -1.07. The molecular formula is C16H27ClN4O. The summed E-state index contributed by atoms with van der Waals surface area (Å²) in [6, 6.07) is 2.25. The number of amides is 1. The number of nitrogens with one attached hydrogen (secondary N) is 2. The number of nitrogens with zero attached hydrogens (tertiary/aromatic N) is 2. The summed E-state index contributed by atoms with van der Waals surface area (Å²) in [5, 5.41) is 11.0. The average Bonchev–Trinajstić information content (AvgIpc) is 3.05. The molecule has 124 valence electrons. The second-order valence-electron chi connectivity index (χ2n) is 6.66. The van der Waals surface area contributed by atoms with E-state index in [1.165, 1.54) is 12.8 Å². The summed E-state index contributed by atoms with van der Waals surface area (Å²) in [6.07, 6.45) is 9.98. The number of hydrogen-bond acceptors (Lipinski definition) is 3. The van der Waals surface area contributed by atoms with Gasteiger partial charge in [-0.05, 0) is 63.6 Å². The summed E-state index contributed by atoms with van der Waals surface area (Å²) < 4.78 is 1.87. The highest BCUT2D eigenvalue weighted by Crippen LogP contribution is 2.29. The third kappa shape index (κ3) is 3.46. The lowest BCUT2D eigenvalue weighted by molar-refractivity contribution is -0.133. The summed E-state index contributed by atoms with van der Waals surface area (Å²) in [6.45, 7) is 4.04. The number of hydrogen-bond donors (Lipinski definition) is 2. The second kappa shape index (κ2) is 7.47. The maximum Gasteiger partial charge on any atom is 0.248 e. The lowest BCUT2D eigenvalue weighted by Crippen LogP contribution is -2.56. The standard InChI is InChI=1S/C16H26N4O.ClH/c1-13-3-5-14(6-4-13)19-15(21)16(7-10-17-11-8-16)20-12-2-9-18-20;/h2,9,12-14,17H,3-8,10-11H2,1H3,(H,19,21);1H. The molecule has 1 amide bonds. The van der Waals surface area contributed by atoms with Crippen molar-refractivity contribution in [3.05, 3.63) is 18.5 Å². The molecule has 2 N–H and O–H groups in total. The van der Waals surface area contributed by atoms with Crippen molar-refractivity contribution < 1.29 is 4.79 Å². The molecule has 22 heavy (non-hydrogen) atoms. The molecule has 1 aliphatic heterocycles. The zero-order valence-electron chi connectivity index (χ0n) is 13.3. The van der Waals surface area contributed by atoms with Crippen molar-refractivity contribution in [1.82, 2.24) is 20.4 Å². The molecule has 1 aromatic heterocycles. The van der Waals surface area contributed by atoms with Crippen LogP contribution in [0.5, 0.6) is 0 Å². The molecule has 0 aromatic carbocycles. The van der Waals surface area contributed by atoms with Crippen LogP contribution in [0.4, 0.5) is 0 Å². The fraction of sp³-hybridized carbons (Fsp3) is 0.750. The zero-order chi connectivity index (χ0) is 14.7. The molecule has 1 aliphatic carbocycles. The molecule has 0 spiro atoms. The van der Waals surface area contributed by atoms with Crippen molar-refractivity contribution in [1.29, 1.82) is 0 Å². The monoisotopic (exact) mass is 326 g/mol. The molecule has 0 unspecified atom stereocenters. The van der Waals surface area contributed by atoms with Crippen LogP contribution in [0.2, 0.25) is 0 Å². The smallest absolute Gasteiger partial charge is 0.248 e. The van der Waals surface area contributed by atoms with E-state index in [4.69, 9.17) is 0 Å². The van der Waals surface area contributed by atoms with Crippen LogP contribution < -0.4 is 10.6 Å². The van der Waals surface area contributed by atoms with Crippen LogP contribution in [0, 0.1) is 5.92 Å². The first-order valence-corrected chi connectivity index (χ1v) is 8.22. The van der Waals surface area contributed by atoms with Crippen molar-refractivity contribution >= 4 is 18.3 Å². The normalized spacial score (nSPS) is 27.7. The SMILES string of the molecule is CC1CCC(NC(=O)C2(n3cccn3)CCNCC2)CC1.Cl. The summed E-state index contributed by atoms with van der Waals surface area (Å²) in [5.41, 5.74) is -0.502. The predicted molar refractivity (Wildman–Crippen MR) is 89.1 cm³/mol. The van der Waals surface area contributed by atoms with Crippen LogP contribution in [0.15, 0.2) is 18.5 Å². The quantitative estimate of drug-likeness (QED) is 0.894.